The van der Waals surface area contributed by atoms with Gasteiger partial charge in [0.25, 0.3) is 0 Å². The van der Waals surface area contributed by atoms with Gasteiger partial charge in [-0.3, -0.25) is 4.90 Å². The molecule has 1 fully saturated rings. The lowest BCUT2D eigenvalue weighted by Crippen LogP contribution is -2.45. The minimum absolute atomic E-state index is 0.470. The van der Waals surface area contributed by atoms with Crippen LogP contribution in [-0.2, 0) is 12.7 Å². The highest BCUT2D eigenvalue weighted by molar-refractivity contribution is 7.15. The largest absolute Gasteiger partial charge is 0.427 e. The summed E-state index contributed by atoms with van der Waals surface area (Å²) in [5, 5.41) is 2.53. The minimum Gasteiger partial charge on any atom is -0.346 e. The van der Waals surface area contributed by atoms with E-state index >= 15 is 0 Å². The number of nitrogens with zero attached hydrogens (tertiary/aromatic N) is 3. The van der Waals surface area contributed by atoms with Gasteiger partial charge in [-0.1, -0.05) is 17.4 Å². The van der Waals surface area contributed by atoms with E-state index in [1.807, 2.05) is 11.0 Å². The highest BCUT2D eigenvalue weighted by Gasteiger charge is 2.34. The molecule has 1 aliphatic rings. The van der Waals surface area contributed by atoms with Crippen LogP contribution in [0.2, 0.25) is 0 Å². The number of hydrogen-bond donors (Lipinski definition) is 0. The van der Waals surface area contributed by atoms with Crippen molar-refractivity contribution in [2.75, 3.05) is 31.1 Å². The molecular weight excluding hydrogens is 319 g/mol. The zero-order valence-corrected chi connectivity index (χ0v) is 12.8. The summed E-state index contributed by atoms with van der Waals surface area (Å²) in [6.07, 6.45) is -3.37. The van der Waals surface area contributed by atoms with Gasteiger partial charge in [0.2, 0.25) is 0 Å². The van der Waals surface area contributed by atoms with Crippen molar-refractivity contribution in [2.45, 2.75) is 12.7 Å². The maximum Gasteiger partial charge on any atom is 0.427 e. The van der Waals surface area contributed by atoms with E-state index in [0.29, 0.717) is 5.13 Å². The van der Waals surface area contributed by atoms with Gasteiger partial charge in [-0.2, -0.15) is 13.2 Å². The van der Waals surface area contributed by atoms with Gasteiger partial charge in [0.1, 0.15) is 4.88 Å². The average Bonchev–Trinajstić information content (AvgIpc) is 3.09. The standard InChI is InChI=1S/C13H14F3N3S2/c14-13(15,16)11-8-17-12(21-11)19-5-3-18(4-6-19)9-10-2-1-7-20-10/h1-2,7-8H,3-6,9H2. The average molecular weight is 333 g/mol. The SMILES string of the molecule is FC(F)(F)c1cnc(N2CCN(Cc3cccs3)CC2)s1. The van der Waals surface area contributed by atoms with Crippen LogP contribution in [0.3, 0.4) is 0 Å². The fraction of sp³-hybridized carbons (Fsp3) is 0.462. The van der Waals surface area contributed by atoms with Gasteiger partial charge >= 0.3 is 6.18 Å². The molecule has 3 nitrogen and oxygen atoms in total. The predicted molar refractivity (Wildman–Crippen MR) is 78.9 cm³/mol. The Morgan fingerprint density at radius 3 is 2.52 bits per heavy atom. The number of thiazole rings is 1. The first-order chi connectivity index (χ1) is 10.0. The normalized spacial score (nSPS) is 17.4. The van der Waals surface area contributed by atoms with Gasteiger partial charge in [0.05, 0.1) is 6.20 Å². The molecule has 114 valence electrons. The maximum absolute atomic E-state index is 12.6. The van der Waals surface area contributed by atoms with Crippen molar-refractivity contribution in [3.8, 4) is 0 Å². The number of aromatic nitrogens is 1. The number of rotatable bonds is 3. The number of alkyl halides is 3. The van der Waals surface area contributed by atoms with Gasteiger partial charge < -0.3 is 4.90 Å². The number of thiophene rings is 1. The van der Waals surface area contributed by atoms with Crippen molar-refractivity contribution in [1.82, 2.24) is 9.88 Å². The number of halogens is 3. The van der Waals surface area contributed by atoms with Gasteiger partial charge in [0, 0.05) is 37.6 Å². The van der Waals surface area contributed by atoms with E-state index < -0.39 is 11.1 Å². The van der Waals surface area contributed by atoms with Crippen LogP contribution >= 0.6 is 22.7 Å². The Labute approximate surface area is 128 Å². The second kappa shape index (κ2) is 5.94. The molecule has 0 aliphatic carbocycles. The topological polar surface area (TPSA) is 19.4 Å². The summed E-state index contributed by atoms with van der Waals surface area (Å²) >= 11 is 2.46. The van der Waals surface area contributed by atoms with Crippen LogP contribution in [0.4, 0.5) is 18.3 Å². The quantitative estimate of drug-likeness (QED) is 0.856. The first-order valence-electron chi connectivity index (χ1n) is 6.55. The second-order valence-electron chi connectivity index (χ2n) is 4.85. The lowest BCUT2D eigenvalue weighted by atomic mass is 10.3. The van der Waals surface area contributed by atoms with Gasteiger partial charge in [-0.05, 0) is 11.4 Å². The molecule has 0 radical (unpaired) electrons. The molecule has 0 atom stereocenters. The summed E-state index contributed by atoms with van der Waals surface area (Å²) in [4.78, 5) is 8.86. The van der Waals surface area contributed by atoms with Gasteiger partial charge in [-0.15, -0.1) is 11.3 Å². The van der Waals surface area contributed by atoms with Gasteiger partial charge in [-0.25, -0.2) is 4.98 Å². The Bertz CT molecular complexity index is 572. The van der Waals surface area contributed by atoms with E-state index in [9.17, 15) is 13.2 Å². The summed E-state index contributed by atoms with van der Waals surface area (Å²) < 4.78 is 37.8. The Balaban J connectivity index is 1.57. The van der Waals surface area contributed by atoms with Gasteiger partial charge in [0.15, 0.2) is 5.13 Å². The van der Waals surface area contributed by atoms with Crippen LogP contribution in [-0.4, -0.2) is 36.1 Å². The van der Waals surface area contributed by atoms with Crippen LogP contribution in [0, 0.1) is 0 Å². The van der Waals surface area contributed by atoms with E-state index in [2.05, 4.69) is 21.3 Å². The molecule has 1 saturated heterocycles. The molecule has 2 aromatic rings. The van der Waals surface area contributed by atoms with Crippen molar-refractivity contribution in [3.63, 3.8) is 0 Å². The molecule has 0 amide bonds. The van der Waals surface area contributed by atoms with Crippen molar-refractivity contribution >= 4 is 27.8 Å². The molecular formula is C13H14F3N3S2. The second-order valence-corrected chi connectivity index (χ2v) is 6.89. The Kier molecular flexibility index (Phi) is 4.19. The molecule has 0 bridgehead atoms. The maximum atomic E-state index is 12.6. The molecule has 3 rings (SSSR count). The molecule has 0 saturated carbocycles. The summed E-state index contributed by atoms with van der Waals surface area (Å²) in [5.74, 6) is 0. The summed E-state index contributed by atoms with van der Waals surface area (Å²) in [7, 11) is 0. The fourth-order valence-electron chi connectivity index (χ4n) is 2.26. The van der Waals surface area contributed by atoms with Crippen LogP contribution in [0.1, 0.15) is 9.75 Å². The zero-order valence-electron chi connectivity index (χ0n) is 11.1. The third kappa shape index (κ3) is 3.56. The molecule has 21 heavy (non-hydrogen) atoms. The Morgan fingerprint density at radius 1 is 1.19 bits per heavy atom. The van der Waals surface area contributed by atoms with Crippen molar-refractivity contribution < 1.29 is 13.2 Å². The van der Waals surface area contributed by atoms with E-state index in [0.717, 1.165) is 50.3 Å². The molecule has 1 aliphatic heterocycles. The van der Waals surface area contributed by atoms with Crippen LogP contribution in [0.25, 0.3) is 0 Å². The molecule has 0 N–H and O–H groups in total. The molecule has 0 aromatic carbocycles. The Morgan fingerprint density at radius 2 is 1.95 bits per heavy atom. The van der Waals surface area contributed by atoms with Crippen LogP contribution in [0.15, 0.2) is 23.7 Å². The fourth-order valence-corrected chi connectivity index (χ4v) is 3.84. The first-order valence-corrected chi connectivity index (χ1v) is 8.25. The van der Waals surface area contributed by atoms with E-state index in [1.54, 1.807) is 11.3 Å². The lowest BCUT2D eigenvalue weighted by molar-refractivity contribution is -0.134. The molecule has 3 heterocycles. The number of piperazine rings is 1. The van der Waals surface area contributed by atoms with Crippen LogP contribution < -0.4 is 4.90 Å². The summed E-state index contributed by atoms with van der Waals surface area (Å²) in [5.41, 5.74) is 0. The molecule has 0 spiro atoms. The first kappa shape index (κ1) is 14.8. The highest BCUT2D eigenvalue weighted by atomic mass is 32.1. The molecule has 0 unspecified atom stereocenters. The van der Waals surface area contributed by atoms with E-state index in [4.69, 9.17) is 0 Å². The summed E-state index contributed by atoms with van der Waals surface area (Å²) in [6.45, 7) is 4.04. The summed E-state index contributed by atoms with van der Waals surface area (Å²) in [6, 6.07) is 4.14. The number of hydrogen-bond acceptors (Lipinski definition) is 5. The van der Waals surface area contributed by atoms with Crippen molar-refractivity contribution in [3.05, 3.63) is 33.5 Å². The Hall–Kier alpha value is -1.12. The van der Waals surface area contributed by atoms with E-state index in [-0.39, 0.29) is 0 Å². The molecule has 8 heteroatoms. The zero-order chi connectivity index (χ0) is 14.9. The highest BCUT2D eigenvalue weighted by Crippen LogP contribution is 2.36. The number of anilines is 1. The minimum atomic E-state index is -4.29. The lowest BCUT2D eigenvalue weighted by Gasteiger charge is -2.34. The molecule has 2 aromatic heterocycles. The van der Waals surface area contributed by atoms with Crippen molar-refractivity contribution in [1.29, 1.82) is 0 Å². The third-order valence-corrected chi connectivity index (χ3v) is 5.34. The van der Waals surface area contributed by atoms with Crippen LogP contribution in [0.5, 0.6) is 0 Å². The smallest absolute Gasteiger partial charge is 0.346 e. The predicted octanol–water partition coefficient (Wildman–Crippen LogP) is 3.55. The monoisotopic (exact) mass is 333 g/mol. The third-order valence-electron chi connectivity index (χ3n) is 3.38. The van der Waals surface area contributed by atoms with E-state index in [1.165, 1.54) is 4.88 Å². The van der Waals surface area contributed by atoms with Crippen molar-refractivity contribution in [2.24, 2.45) is 0 Å².